The summed E-state index contributed by atoms with van der Waals surface area (Å²) < 4.78 is 41.7. The van der Waals surface area contributed by atoms with Crippen molar-refractivity contribution in [2.75, 3.05) is 31.5 Å². The van der Waals surface area contributed by atoms with E-state index < -0.39 is 46.3 Å². The highest BCUT2D eigenvalue weighted by Crippen LogP contribution is 2.44. The van der Waals surface area contributed by atoms with Crippen LogP contribution in [0.4, 0.5) is 19.3 Å². The van der Waals surface area contributed by atoms with Gasteiger partial charge in [0.1, 0.15) is 29.4 Å². The van der Waals surface area contributed by atoms with Gasteiger partial charge in [-0.3, -0.25) is 9.59 Å². The molecule has 228 valence electrons. The van der Waals surface area contributed by atoms with E-state index in [9.17, 15) is 14.4 Å². The Morgan fingerprint density at radius 1 is 1.00 bits per heavy atom. The van der Waals surface area contributed by atoms with Gasteiger partial charge < -0.3 is 24.6 Å². The molecule has 2 heterocycles. The van der Waals surface area contributed by atoms with Crippen molar-refractivity contribution in [1.29, 1.82) is 0 Å². The molecule has 0 spiro atoms. The maximum absolute atomic E-state index is 15.4. The molecule has 0 bridgehead atoms. The van der Waals surface area contributed by atoms with E-state index in [-0.39, 0.29) is 71.4 Å². The average Bonchev–Trinajstić information content (AvgIpc) is 3.26. The fourth-order valence-corrected chi connectivity index (χ4v) is 5.75. The zero-order valence-electron chi connectivity index (χ0n) is 24.5. The van der Waals surface area contributed by atoms with E-state index in [0.29, 0.717) is 0 Å². The minimum atomic E-state index is -1.34. The Kier molecular flexibility index (Phi) is 8.73. The van der Waals surface area contributed by atoms with Crippen LogP contribution in [0.25, 0.3) is 0 Å². The highest BCUT2D eigenvalue weighted by molar-refractivity contribution is 6.42. The van der Waals surface area contributed by atoms with Gasteiger partial charge in [-0.15, -0.1) is 0 Å². The number of halogens is 4. The minimum Gasteiger partial charge on any atom is -0.459 e. The number of benzene rings is 2. The number of carbonyl (C=O) groups is 3. The quantitative estimate of drug-likeness (QED) is 0.299. The molecule has 4 rings (SSSR count). The average molecular weight is 627 g/mol. The van der Waals surface area contributed by atoms with Crippen LogP contribution in [0.2, 0.25) is 10.0 Å². The molecule has 1 N–H and O–H groups in total. The van der Waals surface area contributed by atoms with Crippen molar-refractivity contribution in [2.24, 2.45) is 0 Å². The number of rotatable bonds is 5. The Labute approximate surface area is 254 Å². The van der Waals surface area contributed by atoms with Gasteiger partial charge in [-0.25, -0.2) is 13.6 Å². The van der Waals surface area contributed by atoms with Gasteiger partial charge in [0.05, 0.1) is 22.1 Å². The first-order valence-electron chi connectivity index (χ1n) is 13.6. The summed E-state index contributed by atoms with van der Waals surface area (Å²) in [4.78, 5) is 41.5. The third kappa shape index (κ3) is 6.92. The van der Waals surface area contributed by atoms with Gasteiger partial charge in [0.15, 0.2) is 0 Å². The van der Waals surface area contributed by atoms with Gasteiger partial charge in [-0.2, -0.15) is 0 Å². The largest absolute Gasteiger partial charge is 0.459 e. The molecule has 1 saturated heterocycles. The summed E-state index contributed by atoms with van der Waals surface area (Å²) in [5.74, 6) is -2.41. The number of esters is 1. The smallest absolute Gasteiger partial charge is 0.410 e. The molecule has 0 saturated carbocycles. The summed E-state index contributed by atoms with van der Waals surface area (Å²) in [5, 5.41) is 3.25. The molecular formula is C30H35Cl2F2N3O5. The van der Waals surface area contributed by atoms with Crippen LogP contribution in [0.15, 0.2) is 24.3 Å². The Balaban J connectivity index is 1.70. The molecule has 2 amide bonds. The zero-order valence-corrected chi connectivity index (χ0v) is 26.0. The summed E-state index contributed by atoms with van der Waals surface area (Å²) in [6.07, 6.45) is -0.225. The van der Waals surface area contributed by atoms with Crippen molar-refractivity contribution in [3.63, 3.8) is 0 Å². The molecule has 0 radical (unpaired) electrons. The first kappa shape index (κ1) is 31.8. The van der Waals surface area contributed by atoms with E-state index in [0.717, 1.165) is 0 Å². The Morgan fingerprint density at radius 3 is 2.31 bits per heavy atom. The SMILES string of the molecule is CC(C)(C)OC(=O)CN1CCc2c(F)cc(N[C@]3(c4c(F)ccc(Cl)c4Cl)CCN(C(=O)OC(C)(C)C)C3)cc2C1=O. The monoisotopic (exact) mass is 625 g/mol. The van der Waals surface area contributed by atoms with E-state index >= 15 is 8.78 Å². The second-order valence-electron chi connectivity index (χ2n) is 12.6. The molecule has 2 aromatic carbocycles. The summed E-state index contributed by atoms with van der Waals surface area (Å²) in [7, 11) is 0. The number of nitrogens with zero attached hydrogens (tertiary/aromatic N) is 2. The normalized spacial score (nSPS) is 19.0. The Morgan fingerprint density at radius 2 is 1.67 bits per heavy atom. The highest BCUT2D eigenvalue weighted by Gasteiger charge is 2.46. The second-order valence-corrected chi connectivity index (χ2v) is 13.4. The fraction of sp³-hybridized carbons (Fsp3) is 0.500. The number of fused-ring (bicyclic) bond motifs is 1. The lowest BCUT2D eigenvalue weighted by Crippen LogP contribution is -2.44. The lowest BCUT2D eigenvalue weighted by atomic mass is 9.87. The van der Waals surface area contributed by atoms with Crippen LogP contribution in [0.3, 0.4) is 0 Å². The summed E-state index contributed by atoms with van der Waals surface area (Å²) in [5.41, 5.74) is -2.36. The molecule has 12 heteroatoms. The van der Waals surface area contributed by atoms with Gasteiger partial charge in [0, 0.05) is 35.5 Å². The van der Waals surface area contributed by atoms with Gasteiger partial charge in [0.25, 0.3) is 5.91 Å². The van der Waals surface area contributed by atoms with Crippen LogP contribution in [0.1, 0.15) is 69.4 Å². The molecule has 0 aromatic heterocycles. The lowest BCUT2D eigenvalue weighted by Gasteiger charge is -2.35. The van der Waals surface area contributed by atoms with Crippen molar-refractivity contribution >= 4 is 46.9 Å². The maximum atomic E-state index is 15.4. The van der Waals surface area contributed by atoms with Gasteiger partial charge in [0.2, 0.25) is 0 Å². The number of amides is 2. The highest BCUT2D eigenvalue weighted by atomic mass is 35.5. The summed E-state index contributed by atoms with van der Waals surface area (Å²) >= 11 is 12.8. The number of hydrogen-bond acceptors (Lipinski definition) is 6. The number of carbonyl (C=O) groups excluding carboxylic acids is 3. The zero-order chi connectivity index (χ0) is 31.2. The second kappa shape index (κ2) is 11.5. The maximum Gasteiger partial charge on any atom is 0.410 e. The van der Waals surface area contributed by atoms with E-state index in [4.69, 9.17) is 32.7 Å². The standard InChI is InChI=1S/C30H35Cl2F2N3O5/c1-28(2,3)41-23(38)15-36-11-9-18-19(26(36)39)13-17(14-22(18)34)35-30(24-21(33)8-7-20(31)25(24)32)10-12-37(16-30)27(40)42-29(4,5)6/h7-8,13-14,35H,9-12,15-16H2,1-6H3/t30-/m1/s1. The third-order valence-electron chi connectivity index (χ3n) is 6.91. The molecule has 2 aliphatic rings. The van der Waals surface area contributed by atoms with Crippen LogP contribution >= 0.6 is 23.2 Å². The third-order valence-corrected chi connectivity index (χ3v) is 7.72. The number of hydrogen-bond donors (Lipinski definition) is 1. The van der Waals surface area contributed by atoms with E-state index in [1.165, 1.54) is 34.1 Å². The predicted octanol–water partition coefficient (Wildman–Crippen LogP) is 6.56. The molecule has 1 atom stereocenters. The first-order chi connectivity index (χ1) is 19.4. The van der Waals surface area contributed by atoms with E-state index in [1.807, 2.05) is 0 Å². The molecular weight excluding hydrogens is 591 g/mol. The van der Waals surface area contributed by atoms with Crippen molar-refractivity contribution in [3.8, 4) is 0 Å². The van der Waals surface area contributed by atoms with E-state index in [2.05, 4.69) is 5.32 Å². The lowest BCUT2D eigenvalue weighted by molar-refractivity contribution is -0.155. The van der Waals surface area contributed by atoms with Crippen LogP contribution in [0.5, 0.6) is 0 Å². The predicted molar refractivity (Wildman–Crippen MR) is 156 cm³/mol. The number of anilines is 1. The summed E-state index contributed by atoms with van der Waals surface area (Å²) in [6.45, 7) is 10.4. The minimum absolute atomic E-state index is 0.0127. The van der Waals surface area contributed by atoms with Gasteiger partial charge in [-0.05, 0) is 78.6 Å². The number of nitrogens with one attached hydrogen (secondary N) is 1. The molecule has 1 fully saturated rings. The molecule has 8 nitrogen and oxygen atoms in total. The molecule has 0 aliphatic carbocycles. The topological polar surface area (TPSA) is 88.2 Å². The first-order valence-corrected chi connectivity index (χ1v) is 14.4. The summed E-state index contributed by atoms with van der Waals surface area (Å²) in [6, 6.07) is 5.20. The molecule has 2 aromatic rings. The number of ether oxygens (including phenoxy) is 2. The van der Waals surface area contributed by atoms with Gasteiger partial charge in [-0.1, -0.05) is 23.2 Å². The molecule has 0 unspecified atom stereocenters. The van der Waals surface area contributed by atoms with Gasteiger partial charge >= 0.3 is 12.1 Å². The fourth-order valence-electron chi connectivity index (χ4n) is 5.26. The molecule has 42 heavy (non-hydrogen) atoms. The van der Waals surface area contributed by atoms with Crippen molar-refractivity contribution in [2.45, 2.75) is 71.1 Å². The van der Waals surface area contributed by atoms with Crippen molar-refractivity contribution in [1.82, 2.24) is 9.80 Å². The van der Waals surface area contributed by atoms with Crippen LogP contribution in [0, 0.1) is 11.6 Å². The van der Waals surface area contributed by atoms with Crippen LogP contribution < -0.4 is 5.32 Å². The van der Waals surface area contributed by atoms with Crippen molar-refractivity contribution in [3.05, 3.63) is 62.6 Å². The van der Waals surface area contributed by atoms with Crippen LogP contribution in [-0.4, -0.2) is 65.2 Å². The molecule has 2 aliphatic heterocycles. The van der Waals surface area contributed by atoms with E-state index in [1.54, 1.807) is 41.5 Å². The van der Waals surface area contributed by atoms with Crippen LogP contribution in [-0.2, 0) is 26.2 Å². The Bertz CT molecular complexity index is 1420. The Hall–Kier alpha value is -3.11. The van der Waals surface area contributed by atoms with Crippen molar-refractivity contribution < 1.29 is 32.6 Å². The number of likely N-dealkylation sites (tertiary alicyclic amines) is 1.